The van der Waals surface area contributed by atoms with Gasteiger partial charge < -0.3 is 10.2 Å². The Bertz CT molecular complexity index is 515. The molecule has 0 radical (unpaired) electrons. The number of likely N-dealkylation sites (tertiary alicyclic amines) is 1. The SMILES string of the molecule is O=C1N[C@H](c2ccccc2)C12CCN(CC1CCC1)CC2. The van der Waals surface area contributed by atoms with Gasteiger partial charge in [0.15, 0.2) is 0 Å². The molecule has 0 bridgehead atoms. The first-order chi connectivity index (χ1) is 10.3. The molecule has 3 aliphatic rings. The smallest absolute Gasteiger partial charge is 0.229 e. The van der Waals surface area contributed by atoms with Gasteiger partial charge in [0, 0.05) is 6.54 Å². The Morgan fingerprint density at radius 1 is 1.14 bits per heavy atom. The average molecular weight is 284 g/mol. The van der Waals surface area contributed by atoms with Crippen LogP contribution in [0.25, 0.3) is 0 Å². The van der Waals surface area contributed by atoms with E-state index in [2.05, 4.69) is 34.5 Å². The quantitative estimate of drug-likeness (QED) is 0.866. The molecule has 1 N–H and O–H groups in total. The van der Waals surface area contributed by atoms with Crippen LogP contribution in [0.15, 0.2) is 30.3 Å². The second-order valence-electron chi connectivity index (χ2n) is 7.07. The van der Waals surface area contributed by atoms with E-state index in [1.807, 2.05) is 6.07 Å². The molecular weight excluding hydrogens is 260 g/mol. The number of amides is 1. The first-order valence-corrected chi connectivity index (χ1v) is 8.36. The maximum absolute atomic E-state index is 12.3. The molecule has 1 aliphatic carbocycles. The summed E-state index contributed by atoms with van der Waals surface area (Å²) in [7, 11) is 0. The van der Waals surface area contributed by atoms with Gasteiger partial charge in [-0.2, -0.15) is 0 Å². The van der Waals surface area contributed by atoms with Gasteiger partial charge in [0.25, 0.3) is 0 Å². The molecule has 1 spiro atoms. The summed E-state index contributed by atoms with van der Waals surface area (Å²) < 4.78 is 0. The molecular formula is C18H24N2O. The molecule has 3 heteroatoms. The van der Waals surface area contributed by atoms with E-state index in [-0.39, 0.29) is 17.4 Å². The van der Waals surface area contributed by atoms with Crippen molar-refractivity contribution in [2.24, 2.45) is 11.3 Å². The van der Waals surface area contributed by atoms with Gasteiger partial charge in [-0.05, 0) is 50.3 Å². The summed E-state index contributed by atoms with van der Waals surface area (Å²) in [5.74, 6) is 1.21. The Hall–Kier alpha value is -1.35. The van der Waals surface area contributed by atoms with Crippen molar-refractivity contribution in [2.45, 2.75) is 38.1 Å². The van der Waals surface area contributed by atoms with E-state index in [0.29, 0.717) is 0 Å². The highest BCUT2D eigenvalue weighted by molar-refractivity contribution is 5.90. The van der Waals surface area contributed by atoms with E-state index >= 15 is 0 Å². The van der Waals surface area contributed by atoms with Gasteiger partial charge in [0.1, 0.15) is 0 Å². The zero-order valence-corrected chi connectivity index (χ0v) is 12.6. The zero-order valence-electron chi connectivity index (χ0n) is 12.6. The lowest BCUT2D eigenvalue weighted by Gasteiger charge is -2.53. The molecule has 3 fully saturated rings. The Morgan fingerprint density at radius 2 is 1.86 bits per heavy atom. The normalized spacial score (nSPS) is 28.8. The van der Waals surface area contributed by atoms with Crippen LogP contribution in [0.3, 0.4) is 0 Å². The van der Waals surface area contributed by atoms with Gasteiger partial charge in [0.05, 0.1) is 11.5 Å². The number of rotatable bonds is 3. The summed E-state index contributed by atoms with van der Waals surface area (Å²) in [6.07, 6.45) is 6.28. The van der Waals surface area contributed by atoms with E-state index in [0.717, 1.165) is 31.8 Å². The Labute approximate surface area is 126 Å². The predicted molar refractivity (Wildman–Crippen MR) is 82.8 cm³/mol. The topological polar surface area (TPSA) is 32.3 Å². The van der Waals surface area contributed by atoms with Crippen molar-refractivity contribution >= 4 is 5.91 Å². The first-order valence-electron chi connectivity index (χ1n) is 8.36. The number of nitrogens with zero attached hydrogens (tertiary/aromatic N) is 1. The minimum Gasteiger partial charge on any atom is -0.348 e. The van der Waals surface area contributed by atoms with Gasteiger partial charge in [-0.3, -0.25) is 4.79 Å². The summed E-state index contributed by atoms with van der Waals surface area (Å²) >= 11 is 0. The largest absolute Gasteiger partial charge is 0.348 e. The molecule has 1 aromatic carbocycles. The number of β-lactam (4-membered cyclic amide) rings is 1. The summed E-state index contributed by atoms with van der Waals surface area (Å²) in [5, 5.41) is 3.14. The highest BCUT2D eigenvalue weighted by Crippen LogP contribution is 2.49. The van der Waals surface area contributed by atoms with Gasteiger partial charge in [-0.25, -0.2) is 0 Å². The molecule has 0 unspecified atom stereocenters. The van der Waals surface area contributed by atoms with Crippen LogP contribution >= 0.6 is 0 Å². The van der Waals surface area contributed by atoms with Gasteiger partial charge in [-0.15, -0.1) is 0 Å². The minimum absolute atomic E-state index is 0.128. The van der Waals surface area contributed by atoms with Crippen LogP contribution in [0.4, 0.5) is 0 Å². The Morgan fingerprint density at radius 3 is 2.43 bits per heavy atom. The van der Waals surface area contributed by atoms with Crippen molar-refractivity contribution in [3.63, 3.8) is 0 Å². The van der Waals surface area contributed by atoms with Crippen molar-refractivity contribution in [1.29, 1.82) is 0 Å². The van der Waals surface area contributed by atoms with Crippen LogP contribution in [-0.4, -0.2) is 30.4 Å². The first kappa shape index (κ1) is 13.3. The molecule has 1 atom stereocenters. The van der Waals surface area contributed by atoms with E-state index < -0.39 is 0 Å². The number of piperidine rings is 1. The molecule has 0 aromatic heterocycles. The maximum Gasteiger partial charge on any atom is 0.229 e. The van der Waals surface area contributed by atoms with Crippen molar-refractivity contribution in [2.75, 3.05) is 19.6 Å². The zero-order chi connectivity index (χ0) is 14.3. The summed E-state index contributed by atoms with van der Waals surface area (Å²) in [5.41, 5.74) is 1.14. The third kappa shape index (κ3) is 2.18. The van der Waals surface area contributed by atoms with E-state index in [9.17, 15) is 4.79 Å². The Balaban J connectivity index is 1.43. The lowest BCUT2D eigenvalue weighted by molar-refractivity contribution is -0.151. The van der Waals surface area contributed by atoms with Crippen molar-refractivity contribution in [3.05, 3.63) is 35.9 Å². The van der Waals surface area contributed by atoms with Crippen LogP contribution in [0.5, 0.6) is 0 Å². The molecule has 3 nitrogen and oxygen atoms in total. The fourth-order valence-electron chi connectivity index (χ4n) is 4.21. The summed E-state index contributed by atoms with van der Waals surface area (Å²) in [4.78, 5) is 14.8. The number of nitrogens with one attached hydrogen (secondary N) is 1. The molecule has 112 valence electrons. The van der Waals surface area contributed by atoms with Crippen LogP contribution in [-0.2, 0) is 4.79 Å². The molecule has 1 aromatic rings. The minimum atomic E-state index is -0.128. The number of benzene rings is 1. The highest BCUT2D eigenvalue weighted by Gasteiger charge is 2.56. The van der Waals surface area contributed by atoms with Crippen LogP contribution in [0.2, 0.25) is 0 Å². The molecule has 1 saturated carbocycles. The monoisotopic (exact) mass is 284 g/mol. The third-order valence-electron chi connectivity index (χ3n) is 5.90. The van der Waals surface area contributed by atoms with E-state index in [1.165, 1.54) is 31.4 Å². The van der Waals surface area contributed by atoms with Crippen molar-refractivity contribution in [1.82, 2.24) is 10.2 Å². The maximum atomic E-state index is 12.3. The lowest BCUT2D eigenvalue weighted by atomic mass is 9.64. The van der Waals surface area contributed by atoms with Crippen molar-refractivity contribution in [3.8, 4) is 0 Å². The van der Waals surface area contributed by atoms with Crippen molar-refractivity contribution < 1.29 is 4.79 Å². The molecule has 2 saturated heterocycles. The van der Waals surface area contributed by atoms with Crippen LogP contribution in [0.1, 0.15) is 43.7 Å². The third-order valence-corrected chi connectivity index (χ3v) is 5.90. The molecule has 2 aliphatic heterocycles. The standard InChI is InChI=1S/C18H24N2O/c21-17-18(16(19-17)15-7-2-1-3-8-15)9-11-20(12-10-18)13-14-5-4-6-14/h1-3,7-8,14,16H,4-6,9-13H2,(H,19,21)/t16-/m1/s1. The van der Waals surface area contributed by atoms with E-state index in [1.54, 1.807) is 0 Å². The highest BCUT2D eigenvalue weighted by atomic mass is 16.2. The van der Waals surface area contributed by atoms with Gasteiger partial charge >= 0.3 is 0 Å². The molecule has 2 heterocycles. The van der Waals surface area contributed by atoms with Gasteiger partial charge in [-0.1, -0.05) is 36.8 Å². The summed E-state index contributed by atoms with van der Waals surface area (Å²) in [6.45, 7) is 3.44. The molecule has 4 rings (SSSR count). The predicted octanol–water partition coefficient (Wildman–Crippen LogP) is 2.74. The lowest BCUT2D eigenvalue weighted by Crippen LogP contribution is -2.64. The molecule has 21 heavy (non-hydrogen) atoms. The second-order valence-corrected chi connectivity index (χ2v) is 7.07. The van der Waals surface area contributed by atoms with Crippen LogP contribution < -0.4 is 5.32 Å². The van der Waals surface area contributed by atoms with Gasteiger partial charge in [0.2, 0.25) is 5.91 Å². The summed E-state index contributed by atoms with van der Waals surface area (Å²) in [6, 6.07) is 10.7. The number of carbonyl (C=O) groups excluding carboxylic acids is 1. The number of hydrogen-bond acceptors (Lipinski definition) is 2. The number of hydrogen-bond donors (Lipinski definition) is 1. The van der Waals surface area contributed by atoms with Crippen LogP contribution in [0, 0.1) is 11.3 Å². The Kier molecular flexibility index (Phi) is 3.26. The number of carbonyl (C=O) groups is 1. The van der Waals surface area contributed by atoms with E-state index in [4.69, 9.17) is 0 Å². The average Bonchev–Trinajstić information content (AvgIpc) is 2.50. The fraction of sp³-hybridized carbons (Fsp3) is 0.611. The molecule has 1 amide bonds. The second kappa shape index (κ2) is 5.13. The fourth-order valence-corrected chi connectivity index (χ4v) is 4.21.